The fourth-order valence-corrected chi connectivity index (χ4v) is 3.11. The zero-order valence-electron chi connectivity index (χ0n) is 12.6. The van der Waals surface area contributed by atoms with Crippen LogP contribution in [0.15, 0.2) is 12.4 Å². The molecule has 1 amide bonds. The molecular formula is C14H25N5O. The quantitative estimate of drug-likeness (QED) is 0.782. The molecule has 1 saturated carbocycles. The maximum atomic E-state index is 11.8. The first kappa shape index (κ1) is 15.0. The number of hydrogen-bond acceptors (Lipinski definition) is 4. The van der Waals surface area contributed by atoms with Gasteiger partial charge in [-0.25, -0.2) is 4.98 Å². The lowest BCUT2D eigenvalue weighted by Gasteiger charge is -2.29. The molecule has 0 spiro atoms. The monoisotopic (exact) mass is 279 g/mol. The summed E-state index contributed by atoms with van der Waals surface area (Å²) >= 11 is 0. The van der Waals surface area contributed by atoms with Crippen molar-refractivity contribution in [3.8, 4) is 0 Å². The molecule has 6 nitrogen and oxygen atoms in total. The molecule has 20 heavy (non-hydrogen) atoms. The third-order valence-electron chi connectivity index (χ3n) is 4.41. The number of hydrogen-bond donors (Lipinski definition) is 2. The van der Waals surface area contributed by atoms with Gasteiger partial charge in [-0.05, 0) is 32.9 Å². The van der Waals surface area contributed by atoms with Crippen LogP contribution in [0.3, 0.4) is 0 Å². The van der Waals surface area contributed by atoms with E-state index in [4.69, 9.17) is 5.73 Å². The second kappa shape index (κ2) is 5.93. The molecule has 1 aromatic rings. The molecule has 1 aliphatic rings. The van der Waals surface area contributed by atoms with E-state index in [-0.39, 0.29) is 5.91 Å². The van der Waals surface area contributed by atoms with E-state index >= 15 is 0 Å². The molecule has 2 atom stereocenters. The highest BCUT2D eigenvalue weighted by atomic mass is 16.1. The number of rotatable bonds is 6. The van der Waals surface area contributed by atoms with Crippen LogP contribution in [0.25, 0.3) is 0 Å². The van der Waals surface area contributed by atoms with Crippen molar-refractivity contribution in [2.24, 2.45) is 12.8 Å². The summed E-state index contributed by atoms with van der Waals surface area (Å²) in [4.78, 5) is 18.4. The molecule has 1 heterocycles. The van der Waals surface area contributed by atoms with Gasteiger partial charge >= 0.3 is 0 Å². The molecule has 112 valence electrons. The number of primary amides is 1. The van der Waals surface area contributed by atoms with Crippen molar-refractivity contribution in [2.75, 3.05) is 13.6 Å². The fraction of sp³-hybridized carbons (Fsp3) is 0.714. The topological polar surface area (TPSA) is 76.2 Å². The summed E-state index contributed by atoms with van der Waals surface area (Å²) in [5, 5.41) is 3.29. The van der Waals surface area contributed by atoms with E-state index in [0.717, 1.165) is 38.2 Å². The number of nitrogens with zero attached hydrogens (tertiary/aromatic N) is 3. The second-order valence-electron chi connectivity index (χ2n) is 5.74. The molecule has 0 aliphatic heterocycles. The maximum Gasteiger partial charge on any atom is 0.237 e. The second-order valence-corrected chi connectivity index (χ2v) is 5.74. The Morgan fingerprint density at radius 1 is 1.70 bits per heavy atom. The Morgan fingerprint density at radius 3 is 3.00 bits per heavy atom. The number of likely N-dealkylation sites (N-methyl/N-ethyl adjacent to an activating group) is 1. The van der Waals surface area contributed by atoms with Crippen molar-refractivity contribution in [1.29, 1.82) is 0 Å². The van der Waals surface area contributed by atoms with Crippen molar-refractivity contribution in [3.05, 3.63) is 18.2 Å². The largest absolute Gasteiger partial charge is 0.368 e. The number of aryl methyl sites for hydroxylation is 1. The number of amides is 1. The molecule has 3 N–H and O–H groups in total. The summed E-state index contributed by atoms with van der Waals surface area (Å²) in [6.07, 6.45) is 6.33. The van der Waals surface area contributed by atoms with E-state index in [1.165, 1.54) is 0 Å². The zero-order valence-corrected chi connectivity index (χ0v) is 12.6. The Balaban J connectivity index is 2.01. The predicted molar refractivity (Wildman–Crippen MR) is 77.9 cm³/mol. The highest BCUT2D eigenvalue weighted by Crippen LogP contribution is 2.33. The van der Waals surface area contributed by atoms with E-state index in [1.54, 1.807) is 0 Å². The van der Waals surface area contributed by atoms with Gasteiger partial charge < -0.3 is 15.6 Å². The lowest BCUT2D eigenvalue weighted by atomic mass is 9.96. The summed E-state index contributed by atoms with van der Waals surface area (Å²) in [7, 11) is 4.08. The lowest BCUT2D eigenvalue weighted by molar-refractivity contribution is -0.124. The molecule has 1 aliphatic carbocycles. The van der Waals surface area contributed by atoms with E-state index in [9.17, 15) is 4.79 Å². The molecule has 0 radical (unpaired) electrons. The zero-order chi connectivity index (χ0) is 14.8. The number of imidazole rings is 1. The van der Waals surface area contributed by atoms with Gasteiger partial charge in [-0.2, -0.15) is 0 Å². The summed E-state index contributed by atoms with van der Waals surface area (Å²) in [6.45, 7) is 3.56. The van der Waals surface area contributed by atoms with Gasteiger partial charge in [0.15, 0.2) is 0 Å². The van der Waals surface area contributed by atoms with Crippen LogP contribution in [-0.4, -0.2) is 45.5 Å². The van der Waals surface area contributed by atoms with Gasteiger partial charge in [-0.3, -0.25) is 9.69 Å². The van der Waals surface area contributed by atoms with Crippen LogP contribution in [-0.2, 0) is 18.4 Å². The van der Waals surface area contributed by atoms with Crippen molar-refractivity contribution < 1.29 is 4.79 Å². The normalized spacial score (nSPS) is 26.3. The van der Waals surface area contributed by atoms with Gasteiger partial charge in [-0.15, -0.1) is 0 Å². The van der Waals surface area contributed by atoms with Crippen molar-refractivity contribution >= 4 is 5.91 Å². The van der Waals surface area contributed by atoms with E-state index in [0.29, 0.717) is 6.04 Å². The molecule has 1 aromatic heterocycles. The Labute approximate surface area is 120 Å². The van der Waals surface area contributed by atoms with Crippen LogP contribution in [0.4, 0.5) is 0 Å². The number of aromatic nitrogens is 2. The van der Waals surface area contributed by atoms with Crippen molar-refractivity contribution in [2.45, 2.75) is 44.3 Å². The Bertz CT molecular complexity index is 472. The molecule has 0 aromatic carbocycles. The van der Waals surface area contributed by atoms with Crippen LogP contribution < -0.4 is 11.1 Å². The van der Waals surface area contributed by atoms with Crippen molar-refractivity contribution in [1.82, 2.24) is 19.8 Å². The molecule has 2 unspecified atom stereocenters. The summed E-state index contributed by atoms with van der Waals surface area (Å²) < 4.78 is 2.02. The van der Waals surface area contributed by atoms with Crippen LogP contribution in [0.2, 0.25) is 0 Å². The first-order chi connectivity index (χ1) is 9.48. The highest BCUT2D eigenvalue weighted by Gasteiger charge is 2.44. The number of nitrogens with one attached hydrogen (secondary N) is 1. The Kier molecular flexibility index (Phi) is 4.45. The average molecular weight is 279 g/mol. The highest BCUT2D eigenvalue weighted by molar-refractivity contribution is 5.85. The molecule has 0 saturated heterocycles. The minimum atomic E-state index is -0.532. The third kappa shape index (κ3) is 2.86. The van der Waals surface area contributed by atoms with Gasteiger partial charge in [0.05, 0.1) is 12.1 Å². The SMILES string of the molecule is CCNC1(C(N)=O)CCC(N(C)Cc2nccn2C)C1. The first-order valence-electron chi connectivity index (χ1n) is 7.20. The van der Waals surface area contributed by atoms with Crippen LogP contribution in [0.5, 0.6) is 0 Å². The average Bonchev–Trinajstić information content (AvgIpc) is 2.98. The fourth-order valence-electron chi connectivity index (χ4n) is 3.11. The van der Waals surface area contributed by atoms with E-state index in [2.05, 4.69) is 22.2 Å². The van der Waals surface area contributed by atoms with Crippen molar-refractivity contribution in [3.63, 3.8) is 0 Å². The molecule has 6 heteroatoms. The van der Waals surface area contributed by atoms with Crippen LogP contribution in [0, 0.1) is 0 Å². The van der Waals surface area contributed by atoms with Crippen LogP contribution in [0.1, 0.15) is 32.0 Å². The molecular weight excluding hydrogens is 254 g/mol. The smallest absolute Gasteiger partial charge is 0.237 e. The number of carbonyl (C=O) groups excluding carboxylic acids is 1. The van der Waals surface area contributed by atoms with Gasteiger partial charge in [-0.1, -0.05) is 6.92 Å². The first-order valence-corrected chi connectivity index (χ1v) is 7.20. The lowest BCUT2D eigenvalue weighted by Crippen LogP contribution is -2.54. The standard InChI is InChI=1S/C14H25N5O/c1-4-17-14(13(15)20)6-5-11(9-14)19(3)10-12-16-7-8-18(12)2/h7-8,11,17H,4-6,9-10H2,1-3H3,(H2,15,20). The summed E-state index contributed by atoms with van der Waals surface area (Å²) in [6, 6.07) is 0.359. The molecule has 2 rings (SSSR count). The van der Waals surface area contributed by atoms with Crippen LogP contribution >= 0.6 is 0 Å². The third-order valence-corrected chi connectivity index (χ3v) is 4.41. The molecule has 1 fully saturated rings. The van der Waals surface area contributed by atoms with Gasteiger partial charge in [0.1, 0.15) is 5.82 Å². The minimum absolute atomic E-state index is 0.229. The minimum Gasteiger partial charge on any atom is -0.368 e. The van der Waals surface area contributed by atoms with E-state index in [1.807, 2.05) is 30.9 Å². The Hall–Kier alpha value is -1.40. The maximum absolute atomic E-state index is 11.8. The summed E-state index contributed by atoms with van der Waals surface area (Å²) in [5.41, 5.74) is 5.07. The van der Waals surface area contributed by atoms with E-state index < -0.39 is 5.54 Å². The summed E-state index contributed by atoms with van der Waals surface area (Å²) in [5.74, 6) is 0.805. The number of carbonyl (C=O) groups is 1. The Morgan fingerprint density at radius 2 is 2.45 bits per heavy atom. The predicted octanol–water partition coefficient (Wildman–Crippen LogP) is 0.238. The van der Waals surface area contributed by atoms with Gasteiger partial charge in [0.25, 0.3) is 0 Å². The van der Waals surface area contributed by atoms with Gasteiger partial charge in [0, 0.05) is 25.5 Å². The number of nitrogens with two attached hydrogens (primary N) is 1. The van der Waals surface area contributed by atoms with Gasteiger partial charge in [0.2, 0.25) is 5.91 Å². The molecule has 0 bridgehead atoms.